The predicted octanol–water partition coefficient (Wildman–Crippen LogP) is 0.985. The third-order valence-corrected chi connectivity index (χ3v) is 4.94. The van der Waals surface area contributed by atoms with Crippen molar-refractivity contribution < 1.29 is 9.84 Å². The van der Waals surface area contributed by atoms with Gasteiger partial charge in [0.25, 0.3) is 0 Å². The molecule has 156 valence electrons. The van der Waals surface area contributed by atoms with Gasteiger partial charge in [-0.2, -0.15) is 5.10 Å². The van der Waals surface area contributed by atoms with Crippen molar-refractivity contribution in [2.45, 2.75) is 25.8 Å². The summed E-state index contributed by atoms with van der Waals surface area (Å²) >= 11 is 0. The molecular formula is C18H35IN6O2. The van der Waals surface area contributed by atoms with E-state index in [1.807, 2.05) is 24.1 Å². The summed E-state index contributed by atoms with van der Waals surface area (Å²) in [6, 6.07) is 0.203. The highest BCUT2D eigenvalue weighted by molar-refractivity contribution is 14.0. The van der Waals surface area contributed by atoms with Gasteiger partial charge in [-0.3, -0.25) is 9.67 Å². The van der Waals surface area contributed by atoms with Gasteiger partial charge in [-0.25, -0.2) is 0 Å². The fourth-order valence-corrected chi connectivity index (χ4v) is 3.28. The number of guanidine groups is 1. The monoisotopic (exact) mass is 494 g/mol. The van der Waals surface area contributed by atoms with Crippen LogP contribution in [0.3, 0.4) is 0 Å². The number of aryl methyl sites for hydroxylation is 1. The molecule has 1 aromatic heterocycles. The van der Waals surface area contributed by atoms with Crippen molar-refractivity contribution in [3.05, 3.63) is 18.0 Å². The van der Waals surface area contributed by atoms with Crippen molar-refractivity contribution in [2.24, 2.45) is 17.5 Å². The summed E-state index contributed by atoms with van der Waals surface area (Å²) in [5.74, 6) is 0.799. The van der Waals surface area contributed by atoms with Crippen molar-refractivity contribution in [2.75, 3.05) is 53.6 Å². The van der Waals surface area contributed by atoms with Gasteiger partial charge in [0.2, 0.25) is 0 Å². The van der Waals surface area contributed by atoms with Crippen molar-refractivity contribution in [1.82, 2.24) is 25.3 Å². The molecule has 1 saturated heterocycles. The number of hydrogen-bond donors (Lipinski definition) is 3. The van der Waals surface area contributed by atoms with Gasteiger partial charge in [0.05, 0.1) is 25.4 Å². The molecule has 3 N–H and O–H groups in total. The molecule has 0 saturated carbocycles. The van der Waals surface area contributed by atoms with Gasteiger partial charge in [-0.15, -0.1) is 24.0 Å². The second-order valence-electron chi connectivity index (χ2n) is 7.28. The van der Waals surface area contributed by atoms with E-state index in [4.69, 9.17) is 9.73 Å². The van der Waals surface area contributed by atoms with E-state index in [1.54, 1.807) is 0 Å². The zero-order valence-corrected chi connectivity index (χ0v) is 19.3. The van der Waals surface area contributed by atoms with Gasteiger partial charge in [-0.05, 0) is 33.9 Å². The van der Waals surface area contributed by atoms with Gasteiger partial charge in [0, 0.05) is 50.5 Å². The van der Waals surface area contributed by atoms with Crippen LogP contribution in [0.4, 0.5) is 0 Å². The fraction of sp³-hybridized carbons (Fsp3) is 0.778. The molecule has 1 fully saturated rings. The summed E-state index contributed by atoms with van der Waals surface area (Å²) in [5.41, 5.74) is 1.13. The van der Waals surface area contributed by atoms with Crippen LogP contribution in [0.25, 0.3) is 0 Å². The average Bonchev–Trinajstić information content (AvgIpc) is 3.23. The number of nitrogens with one attached hydrogen (secondary N) is 2. The summed E-state index contributed by atoms with van der Waals surface area (Å²) < 4.78 is 7.38. The smallest absolute Gasteiger partial charge is 0.191 e. The topological polar surface area (TPSA) is 86.9 Å². The fourth-order valence-electron chi connectivity index (χ4n) is 3.28. The molecule has 2 rings (SSSR count). The molecule has 1 aliphatic rings. The molecule has 0 bridgehead atoms. The number of nitrogens with zero attached hydrogens (tertiary/aromatic N) is 4. The lowest BCUT2D eigenvalue weighted by atomic mass is 9.84. The summed E-state index contributed by atoms with van der Waals surface area (Å²) in [5, 5.41) is 20.4. The largest absolute Gasteiger partial charge is 0.396 e. The number of hydrogen-bond acceptors (Lipinski definition) is 5. The molecule has 8 nitrogen and oxygen atoms in total. The lowest BCUT2D eigenvalue weighted by Crippen LogP contribution is -2.42. The average molecular weight is 494 g/mol. The van der Waals surface area contributed by atoms with E-state index in [-0.39, 0.29) is 42.0 Å². The van der Waals surface area contributed by atoms with Crippen LogP contribution in [-0.4, -0.2) is 79.3 Å². The number of rotatable bonds is 9. The molecule has 0 radical (unpaired) electrons. The number of aliphatic hydroxyl groups is 1. The lowest BCUT2D eigenvalue weighted by Gasteiger charge is -2.26. The Morgan fingerprint density at radius 1 is 1.48 bits per heavy atom. The molecule has 1 aromatic rings. The predicted molar refractivity (Wildman–Crippen MR) is 119 cm³/mol. The molecule has 2 atom stereocenters. The Hall–Kier alpha value is -0.910. The van der Waals surface area contributed by atoms with Crippen LogP contribution in [-0.2, 0) is 11.8 Å². The number of aliphatic hydroxyl groups excluding tert-OH is 1. The first-order valence-electron chi connectivity index (χ1n) is 9.35. The minimum Gasteiger partial charge on any atom is -0.396 e. The number of aliphatic imine (C=N–C) groups is 1. The van der Waals surface area contributed by atoms with Gasteiger partial charge in [0.1, 0.15) is 0 Å². The highest BCUT2D eigenvalue weighted by Gasteiger charge is 2.34. The van der Waals surface area contributed by atoms with Gasteiger partial charge in [0.15, 0.2) is 5.96 Å². The Morgan fingerprint density at radius 3 is 2.78 bits per heavy atom. The van der Waals surface area contributed by atoms with Crippen molar-refractivity contribution in [3.63, 3.8) is 0 Å². The molecule has 27 heavy (non-hydrogen) atoms. The van der Waals surface area contributed by atoms with Crippen molar-refractivity contribution >= 4 is 29.9 Å². The number of likely N-dealkylation sites (N-methyl/N-ethyl adjacent to an activating group) is 1. The highest BCUT2D eigenvalue weighted by atomic mass is 127. The molecule has 2 unspecified atom stereocenters. The van der Waals surface area contributed by atoms with Crippen LogP contribution in [0.5, 0.6) is 0 Å². The van der Waals surface area contributed by atoms with E-state index in [0.717, 1.165) is 38.5 Å². The summed E-state index contributed by atoms with van der Waals surface area (Å²) in [6.07, 6.45) is 5.63. The van der Waals surface area contributed by atoms with Gasteiger partial charge >= 0.3 is 0 Å². The maximum Gasteiger partial charge on any atom is 0.191 e. The zero-order valence-electron chi connectivity index (χ0n) is 16.9. The Bertz CT molecular complexity index is 572. The third-order valence-electron chi connectivity index (χ3n) is 4.94. The maximum absolute atomic E-state index is 9.38. The molecule has 0 spiro atoms. The minimum absolute atomic E-state index is 0. The van der Waals surface area contributed by atoms with Crippen LogP contribution in [0.1, 0.15) is 31.4 Å². The van der Waals surface area contributed by atoms with Crippen LogP contribution < -0.4 is 10.6 Å². The third kappa shape index (κ3) is 7.20. The normalized spacial score (nSPS) is 21.2. The van der Waals surface area contributed by atoms with E-state index in [9.17, 15) is 5.11 Å². The van der Waals surface area contributed by atoms with E-state index in [0.29, 0.717) is 13.2 Å². The quantitative estimate of drug-likeness (QED) is 0.270. The zero-order chi connectivity index (χ0) is 19.0. The standard InChI is InChI=1S/C18H34N6O2.HI/c1-5-19-17(21-13-18(6-8-25)7-9-26-14-18)20-11-16(23(2)3)15-10-22-24(4)12-15;/h10,12,16,25H,5-9,11,13-14H2,1-4H3,(H2,19,20,21);1H. The number of halogens is 1. The first-order valence-corrected chi connectivity index (χ1v) is 9.35. The lowest BCUT2D eigenvalue weighted by molar-refractivity contribution is 0.131. The first-order chi connectivity index (χ1) is 12.5. The molecule has 0 aliphatic carbocycles. The van der Waals surface area contributed by atoms with Crippen molar-refractivity contribution in [1.29, 1.82) is 0 Å². The van der Waals surface area contributed by atoms with E-state index in [1.165, 1.54) is 5.56 Å². The summed E-state index contributed by atoms with van der Waals surface area (Å²) in [4.78, 5) is 6.95. The molecule has 2 heterocycles. The molecule has 0 amide bonds. The summed E-state index contributed by atoms with van der Waals surface area (Å²) in [6.45, 7) is 5.84. The Morgan fingerprint density at radius 2 is 2.26 bits per heavy atom. The molecule has 9 heteroatoms. The van der Waals surface area contributed by atoms with Crippen molar-refractivity contribution in [3.8, 4) is 0 Å². The first kappa shape index (κ1) is 24.1. The highest BCUT2D eigenvalue weighted by Crippen LogP contribution is 2.32. The van der Waals surface area contributed by atoms with Crippen LogP contribution in [0, 0.1) is 5.41 Å². The second kappa shape index (κ2) is 11.8. The van der Waals surface area contributed by atoms with Gasteiger partial charge < -0.3 is 25.4 Å². The second-order valence-corrected chi connectivity index (χ2v) is 7.28. The van der Waals surface area contributed by atoms with Crippen LogP contribution in [0.2, 0.25) is 0 Å². The van der Waals surface area contributed by atoms with Crippen LogP contribution >= 0.6 is 24.0 Å². The molecular weight excluding hydrogens is 459 g/mol. The maximum atomic E-state index is 9.38. The summed E-state index contributed by atoms with van der Waals surface area (Å²) in [7, 11) is 6.06. The minimum atomic E-state index is -0.0403. The van der Waals surface area contributed by atoms with Crippen LogP contribution in [0.15, 0.2) is 17.4 Å². The van der Waals surface area contributed by atoms with E-state index >= 15 is 0 Å². The molecule has 0 aromatic carbocycles. The van der Waals surface area contributed by atoms with E-state index in [2.05, 4.69) is 41.7 Å². The number of aromatic nitrogens is 2. The SMILES string of the molecule is CCNC(=NCC1(CCO)CCOC1)NCC(c1cnn(C)c1)N(C)C.I. The Kier molecular flexibility index (Phi) is 10.6. The molecule has 1 aliphatic heterocycles. The van der Waals surface area contributed by atoms with E-state index < -0.39 is 0 Å². The Balaban J connectivity index is 0.00000364. The number of ether oxygens (including phenoxy) is 1. The van der Waals surface area contributed by atoms with Gasteiger partial charge in [-0.1, -0.05) is 0 Å². The Labute approximate surface area is 179 Å².